The molecule has 1 atom stereocenters. The van der Waals surface area contributed by atoms with Crippen molar-refractivity contribution in [3.05, 3.63) is 29.6 Å². The minimum absolute atomic E-state index is 0.149. The van der Waals surface area contributed by atoms with E-state index in [0.717, 1.165) is 12.8 Å². The Balaban J connectivity index is 2.10. The highest BCUT2D eigenvalue weighted by Crippen LogP contribution is 2.32. The third-order valence-corrected chi connectivity index (χ3v) is 3.46. The van der Waals surface area contributed by atoms with Crippen LogP contribution in [0.25, 0.3) is 0 Å². The molecule has 1 aliphatic rings. The van der Waals surface area contributed by atoms with Crippen molar-refractivity contribution >= 4 is 0 Å². The zero-order chi connectivity index (χ0) is 13.2. The first kappa shape index (κ1) is 13.3. The fraction of sp³-hybridized carbons (Fsp3) is 0.571. The molecule has 1 aliphatic carbocycles. The summed E-state index contributed by atoms with van der Waals surface area (Å²) < 4.78 is 18.7. The Morgan fingerprint density at radius 2 is 2.06 bits per heavy atom. The first-order valence-electron chi connectivity index (χ1n) is 6.33. The Labute approximate surface area is 106 Å². The summed E-state index contributed by atoms with van der Waals surface area (Å²) >= 11 is 0. The minimum Gasteiger partial charge on any atom is -0.490 e. The van der Waals surface area contributed by atoms with E-state index in [4.69, 9.17) is 4.74 Å². The van der Waals surface area contributed by atoms with Crippen LogP contribution >= 0.6 is 0 Å². The van der Waals surface area contributed by atoms with Gasteiger partial charge in [-0.05, 0) is 31.9 Å². The zero-order valence-corrected chi connectivity index (χ0v) is 10.5. The van der Waals surface area contributed by atoms with Crippen molar-refractivity contribution in [1.82, 2.24) is 0 Å². The van der Waals surface area contributed by atoms with Crippen molar-refractivity contribution in [2.45, 2.75) is 44.3 Å². The van der Waals surface area contributed by atoms with Gasteiger partial charge in [0.25, 0.3) is 0 Å². The molecule has 2 rings (SSSR count). The molecule has 3 nitrogen and oxygen atoms in total. The zero-order valence-electron chi connectivity index (χ0n) is 10.5. The minimum atomic E-state index is -0.803. The van der Waals surface area contributed by atoms with Crippen LogP contribution in [0.15, 0.2) is 18.2 Å². The molecule has 0 spiro atoms. The van der Waals surface area contributed by atoms with Crippen molar-refractivity contribution in [3.63, 3.8) is 0 Å². The topological polar surface area (TPSA) is 49.7 Å². The van der Waals surface area contributed by atoms with Gasteiger partial charge in [0.1, 0.15) is 18.2 Å². The second-order valence-corrected chi connectivity index (χ2v) is 5.08. The third-order valence-electron chi connectivity index (χ3n) is 3.46. The van der Waals surface area contributed by atoms with Gasteiger partial charge in [-0.1, -0.05) is 12.8 Å². The van der Waals surface area contributed by atoms with Gasteiger partial charge in [-0.3, -0.25) is 0 Å². The van der Waals surface area contributed by atoms with Crippen LogP contribution in [0.1, 0.15) is 44.3 Å². The molecular weight excluding hydrogens is 235 g/mol. The number of hydrogen-bond acceptors (Lipinski definition) is 3. The monoisotopic (exact) mass is 254 g/mol. The number of aliphatic hydroxyl groups is 2. The maximum atomic E-state index is 13.2. The second-order valence-electron chi connectivity index (χ2n) is 5.08. The first-order valence-corrected chi connectivity index (χ1v) is 6.33. The van der Waals surface area contributed by atoms with Gasteiger partial charge in [-0.15, -0.1) is 0 Å². The number of halogens is 1. The van der Waals surface area contributed by atoms with E-state index in [0.29, 0.717) is 24.2 Å². The van der Waals surface area contributed by atoms with Crippen LogP contribution in [0.3, 0.4) is 0 Å². The highest BCUT2D eigenvalue weighted by atomic mass is 19.1. The molecule has 0 aromatic heterocycles. The Morgan fingerprint density at radius 1 is 1.39 bits per heavy atom. The van der Waals surface area contributed by atoms with Gasteiger partial charge in [0.2, 0.25) is 0 Å². The maximum absolute atomic E-state index is 13.2. The SMILES string of the molecule is CC(O)c1ccc(F)cc1OCC1(O)CCCC1. The molecule has 0 saturated heterocycles. The molecule has 1 aromatic rings. The van der Waals surface area contributed by atoms with E-state index in [9.17, 15) is 14.6 Å². The number of benzene rings is 1. The molecule has 1 unspecified atom stereocenters. The molecule has 0 amide bonds. The maximum Gasteiger partial charge on any atom is 0.128 e. The standard InChI is InChI=1S/C14H19FO3/c1-10(16)12-5-4-11(15)8-13(12)18-9-14(17)6-2-3-7-14/h4-5,8,10,16-17H,2-3,6-7,9H2,1H3. The molecule has 4 heteroatoms. The van der Waals surface area contributed by atoms with Crippen LogP contribution in [-0.2, 0) is 0 Å². The van der Waals surface area contributed by atoms with Gasteiger partial charge in [-0.25, -0.2) is 4.39 Å². The lowest BCUT2D eigenvalue weighted by molar-refractivity contribution is 0.000373. The van der Waals surface area contributed by atoms with Crippen molar-refractivity contribution < 1.29 is 19.3 Å². The number of rotatable bonds is 4. The van der Waals surface area contributed by atoms with Crippen LogP contribution in [0, 0.1) is 5.82 Å². The average molecular weight is 254 g/mol. The summed E-state index contributed by atoms with van der Waals surface area (Å²) in [7, 11) is 0. The Morgan fingerprint density at radius 3 is 2.67 bits per heavy atom. The molecule has 0 radical (unpaired) electrons. The number of ether oxygens (including phenoxy) is 1. The largest absolute Gasteiger partial charge is 0.490 e. The van der Waals surface area contributed by atoms with Crippen molar-refractivity contribution in [1.29, 1.82) is 0 Å². The predicted molar refractivity (Wildman–Crippen MR) is 65.9 cm³/mol. The quantitative estimate of drug-likeness (QED) is 0.868. The highest BCUT2D eigenvalue weighted by Gasteiger charge is 2.32. The summed E-state index contributed by atoms with van der Waals surface area (Å²) in [6, 6.07) is 4.05. The summed E-state index contributed by atoms with van der Waals surface area (Å²) in [5, 5.41) is 19.8. The summed E-state index contributed by atoms with van der Waals surface area (Å²) in [5.74, 6) is -0.0989. The molecule has 2 N–H and O–H groups in total. The lowest BCUT2D eigenvalue weighted by atomic mass is 10.0. The van der Waals surface area contributed by atoms with Gasteiger partial charge in [0.15, 0.2) is 0 Å². The lowest BCUT2D eigenvalue weighted by Gasteiger charge is -2.23. The van der Waals surface area contributed by atoms with E-state index in [1.54, 1.807) is 6.92 Å². The van der Waals surface area contributed by atoms with Crippen LogP contribution in [0.5, 0.6) is 5.75 Å². The fourth-order valence-electron chi connectivity index (χ4n) is 2.37. The van der Waals surface area contributed by atoms with Gasteiger partial charge >= 0.3 is 0 Å². The molecule has 0 heterocycles. The van der Waals surface area contributed by atoms with E-state index in [1.807, 2.05) is 0 Å². The summed E-state index contributed by atoms with van der Waals surface area (Å²) in [6.07, 6.45) is 2.69. The van der Waals surface area contributed by atoms with E-state index < -0.39 is 17.5 Å². The van der Waals surface area contributed by atoms with Crippen LogP contribution < -0.4 is 4.74 Å². The van der Waals surface area contributed by atoms with Crippen LogP contribution in [0.4, 0.5) is 4.39 Å². The number of aliphatic hydroxyl groups excluding tert-OH is 1. The van der Waals surface area contributed by atoms with Gasteiger partial charge < -0.3 is 14.9 Å². The predicted octanol–water partition coefficient (Wildman–Crippen LogP) is 2.56. The number of hydrogen-bond donors (Lipinski definition) is 2. The smallest absolute Gasteiger partial charge is 0.128 e. The Kier molecular flexibility index (Phi) is 3.88. The highest BCUT2D eigenvalue weighted by molar-refractivity contribution is 5.35. The normalized spacial score (nSPS) is 19.8. The van der Waals surface area contributed by atoms with Crippen molar-refractivity contribution in [3.8, 4) is 5.75 Å². The molecule has 100 valence electrons. The van der Waals surface area contributed by atoms with Crippen molar-refractivity contribution in [2.75, 3.05) is 6.61 Å². The average Bonchev–Trinajstić information content (AvgIpc) is 2.74. The first-order chi connectivity index (χ1) is 8.50. The summed E-state index contributed by atoms with van der Waals surface area (Å²) in [5.41, 5.74) is -0.263. The molecule has 1 saturated carbocycles. The Hall–Kier alpha value is -1.13. The van der Waals surface area contributed by atoms with Gasteiger partial charge in [-0.2, -0.15) is 0 Å². The molecular formula is C14H19FO3. The lowest BCUT2D eigenvalue weighted by Crippen LogP contribution is -2.32. The van der Waals surface area contributed by atoms with Gasteiger partial charge in [0, 0.05) is 11.6 Å². The van der Waals surface area contributed by atoms with E-state index in [2.05, 4.69) is 0 Å². The molecule has 1 fully saturated rings. The summed E-state index contributed by atoms with van der Waals surface area (Å²) in [6.45, 7) is 1.75. The molecule has 0 aliphatic heterocycles. The fourth-order valence-corrected chi connectivity index (χ4v) is 2.37. The molecule has 18 heavy (non-hydrogen) atoms. The third kappa shape index (κ3) is 3.00. The van der Waals surface area contributed by atoms with Crippen LogP contribution in [0.2, 0.25) is 0 Å². The van der Waals surface area contributed by atoms with Crippen molar-refractivity contribution in [2.24, 2.45) is 0 Å². The van der Waals surface area contributed by atoms with Crippen LogP contribution in [-0.4, -0.2) is 22.4 Å². The van der Waals surface area contributed by atoms with E-state index in [-0.39, 0.29) is 6.61 Å². The Bertz CT molecular complexity index is 412. The second kappa shape index (κ2) is 5.24. The van der Waals surface area contributed by atoms with E-state index >= 15 is 0 Å². The summed E-state index contributed by atoms with van der Waals surface area (Å²) in [4.78, 5) is 0. The van der Waals surface area contributed by atoms with Gasteiger partial charge in [0.05, 0.1) is 11.7 Å². The van der Waals surface area contributed by atoms with E-state index in [1.165, 1.54) is 18.2 Å². The molecule has 0 bridgehead atoms. The molecule has 1 aromatic carbocycles.